The van der Waals surface area contributed by atoms with Crippen LogP contribution in [0.2, 0.25) is 0 Å². The first kappa shape index (κ1) is 23.1. The number of carbonyl (C=O) groups excluding carboxylic acids is 1. The molecule has 1 saturated carbocycles. The van der Waals surface area contributed by atoms with E-state index in [0.717, 1.165) is 6.42 Å². The van der Waals surface area contributed by atoms with Gasteiger partial charge in [0.2, 0.25) is 0 Å². The first-order chi connectivity index (χ1) is 16.7. The number of halogens is 5. The van der Waals surface area contributed by atoms with E-state index >= 15 is 0 Å². The molecule has 3 aliphatic rings. The fraction of sp³-hybridized carbons (Fsp3) is 0.333. The number of carbonyl (C=O) groups is 1. The number of fused-ring (bicyclic) bond motifs is 3. The predicted octanol–water partition coefficient (Wildman–Crippen LogP) is 4.91. The molecule has 3 atom stereocenters. The number of benzene rings is 1. The molecule has 2 aliphatic heterocycles. The van der Waals surface area contributed by atoms with Crippen molar-refractivity contribution in [3.63, 3.8) is 0 Å². The molecular weight excluding hydrogens is 471 g/mol. The first-order valence-corrected chi connectivity index (χ1v) is 11.0. The fourth-order valence-corrected chi connectivity index (χ4v) is 4.81. The lowest BCUT2D eigenvalue weighted by Crippen LogP contribution is -2.59. The molecule has 2 saturated heterocycles. The van der Waals surface area contributed by atoms with Crippen molar-refractivity contribution in [2.24, 2.45) is 5.92 Å². The number of rotatable bonds is 4. The van der Waals surface area contributed by atoms with Crippen molar-refractivity contribution in [3.8, 4) is 17.3 Å². The van der Waals surface area contributed by atoms with Crippen LogP contribution in [0.15, 0.2) is 48.9 Å². The molecule has 35 heavy (non-hydrogen) atoms. The van der Waals surface area contributed by atoms with E-state index in [9.17, 15) is 26.7 Å². The molecule has 6 rings (SSSR count). The standard InChI is InChI=1S/C24H19F5N4O2/c25-16-4-1-3-15(21-30-7-2-8-31-21)20(16)23(34)33-12-13-5-6-18(33)19(9-13)35-22-17(26)10-14(11-32-22)24(27,28)29/h1-4,7-8,10-11,13,18-19H,5-6,9,12H2. The second kappa shape index (κ2) is 8.86. The largest absolute Gasteiger partial charge is 0.470 e. The van der Waals surface area contributed by atoms with Gasteiger partial charge in [-0.05, 0) is 43.4 Å². The van der Waals surface area contributed by atoms with Crippen LogP contribution < -0.4 is 4.74 Å². The third-order valence-corrected chi connectivity index (χ3v) is 6.41. The van der Waals surface area contributed by atoms with E-state index < -0.39 is 47.3 Å². The molecule has 0 N–H and O–H groups in total. The number of piperidine rings is 2. The van der Waals surface area contributed by atoms with Crippen LogP contribution in [0.3, 0.4) is 0 Å². The van der Waals surface area contributed by atoms with Gasteiger partial charge in [0.15, 0.2) is 11.6 Å². The summed E-state index contributed by atoms with van der Waals surface area (Å²) in [5.74, 6) is -2.90. The lowest BCUT2D eigenvalue weighted by atomic mass is 9.77. The van der Waals surface area contributed by atoms with E-state index in [2.05, 4.69) is 15.0 Å². The summed E-state index contributed by atoms with van der Waals surface area (Å²) in [6, 6.07) is 5.61. The molecule has 11 heteroatoms. The summed E-state index contributed by atoms with van der Waals surface area (Å²) in [6.07, 6.45) is -0.165. The lowest BCUT2D eigenvalue weighted by Gasteiger charge is -2.49. The number of nitrogens with zero attached hydrogens (tertiary/aromatic N) is 4. The normalized spacial score (nSPS) is 21.7. The summed E-state index contributed by atoms with van der Waals surface area (Å²) in [4.78, 5) is 26.9. The molecule has 3 unspecified atom stereocenters. The molecule has 3 fully saturated rings. The monoisotopic (exact) mass is 490 g/mol. The molecule has 1 aromatic carbocycles. The number of alkyl halides is 3. The first-order valence-electron chi connectivity index (χ1n) is 11.0. The maximum absolute atomic E-state index is 14.9. The van der Waals surface area contributed by atoms with E-state index in [1.54, 1.807) is 12.1 Å². The molecule has 1 amide bonds. The van der Waals surface area contributed by atoms with Crippen LogP contribution >= 0.6 is 0 Å². The van der Waals surface area contributed by atoms with Crippen LogP contribution in [-0.2, 0) is 6.18 Å². The maximum atomic E-state index is 14.9. The molecule has 0 radical (unpaired) electrons. The van der Waals surface area contributed by atoms with Gasteiger partial charge in [-0.25, -0.2) is 23.7 Å². The van der Waals surface area contributed by atoms with Gasteiger partial charge >= 0.3 is 6.18 Å². The summed E-state index contributed by atoms with van der Waals surface area (Å²) in [6.45, 7) is 0.357. The second-order valence-corrected chi connectivity index (χ2v) is 8.60. The Kier molecular flexibility index (Phi) is 5.86. The summed E-state index contributed by atoms with van der Waals surface area (Å²) < 4.78 is 73.5. The molecule has 182 valence electrons. The quantitative estimate of drug-likeness (QED) is 0.487. The second-order valence-electron chi connectivity index (χ2n) is 8.60. The molecule has 3 aromatic rings. The van der Waals surface area contributed by atoms with Gasteiger partial charge in [0.1, 0.15) is 11.9 Å². The number of ether oxygens (including phenoxy) is 1. The Morgan fingerprint density at radius 3 is 2.49 bits per heavy atom. The highest BCUT2D eigenvalue weighted by atomic mass is 19.4. The highest BCUT2D eigenvalue weighted by molar-refractivity contribution is 6.00. The van der Waals surface area contributed by atoms with Crippen LogP contribution in [0, 0.1) is 17.6 Å². The van der Waals surface area contributed by atoms with E-state index in [1.807, 2.05) is 0 Å². The van der Waals surface area contributed by atoms with Gasteiger partial charge in [-0.1, -0.05) is 12.1 Å². The summed E-state index contributed by atoms with van der Waals surface area (Å²) in [7, 11) is 0. The molecule has 0 spiro atoms. The lowest BCUT2D eigenvalue weighted by molar-refractivity contribution is -0.138. The van der Waals surface area contributed by atoms with Crippen molar-refractivity contribution in [2.45, 2.75) is 37.6 Å². The Labute approximate surface area is 196 Å². The highest BCUT2D eigenvalue weighted by Gasteiger charge is 2.45. The van der Waals surface area contributed by atoms with Crippen molar-refractivity contribution >= 4 is 5.91 Å². The zero-order valence-electron chi connectivity index (χ0n) is 18.2. The number of aromatic nitrogens is 3. The Balaban J connectivity index is 1.43. The number of hydrogen-bond donors (Lipinski definition) is 0. The predicted molar refractivity (Wildman–Crippen MR) is 113 cm³/mol. The van der Waals surface area contributed by atoms with Crippen molar-refractivity contribution in [1.29, 1.82) is 0 Å². The zero-order chi connectivity index (χ0) is 24.7. The fourth-order valence-electron chi connectivity index (χ4n) is 4.81. The topological polar surface area (TPSA) is 68.2 Å². The van der Waals surface area contributed by atoms with Gasteiger partial charge in [0, 0.05) is 30.7 Å². The molecule has 6 nitrogen and oxygen atoms in total. The Morgan fingerprint density at radius 2 is 1.80 bits per heavy atom. The van der Waals surface area contributed by atoms with E-state index in [1.165, 1.54) is 29.4 Å². The van der Waals surface area contributed by atoms with Gasteiger partial charge in [0.05, 0.1) is 17.2 Å². The Bertz CT molecular complexity index is 1250. The van der Waals surface area contributed by atoms with Crippen LogP contribution in [0.25, 0.3) is 11.4 Å². The van der Waals surface area contributed by atoms with E-state index in [-0.39, 0.29) is 22.9 Å². The van der Waals surface area contributed by atoms with Gasteiger partial charge in [-0.2, -0.15) is 13.2 Å². The number of amides is 1. The van der Waals surface area contributed by atoms with Gasteiger partial charge in [-0.15, -0.1) is 0 Å². The van der Waals surface area contributed by atoms with Crippen LogP contribution in [0.1, 0.15) is 35.2 Å². The smallest absolute Gasteiger partial charge is 0.417 e. The Morgan fingerprint density at radius 1 is 1.03 bits per heavy atom. The third kappa shape index (κ3) is 4.42. The summed E-state index contributed by atoms with van der Waals surface area (Å²) in [5, 5.41) is 0. The Hall–Kier alpha value is -3.63. The molecule has 2 bridgehead atoms. The minimum absolute atomic E-state index is 0.00894. The average molecular weight is 490 g/mol. The van der Waals surface area contributed by atoms with Gasteiger partial charge < -0.3 is 9.64 Å². The third-order valence-electron chi connectivity index (χ3n) is 6.41. The van der Waals surface area contributed by atoms with Gasteiger partial charge in [0.25, 0.3) is 11.8 Å². The minimum Gasteiger partial charge on any atom is -0.470 e. The van der Waals surface area contributed by atoms with Crippen molar-refractivity contribution in [3.05, 3.63) is 71.7 Å². The van der Waals surface area contributed by atoms with Crippen LogP contribution in [0.4, 0.5) is 22.0 Å². The van der Waals surface area contributed by atoms with Crippen molar-refractivity contribution in [1.82, 2.24) is 19.9 Å². The maximum Gasteiger partial charge on any atom is 0.417 e. The van der Waals surface area contributed by atoms with Crippen molar-refractivity contribution in [2.75, 3.05) is 6.54 Å². The van der Waals surface area contributed by atoms with Crippen LogP contribution in [-0.4, -0.2) is 44.4 Å². The van der Waals surface area contributed by atoms with E-state index in [0.29, 0.717) is 31.6 Å². The molecule has 1 aliphatic carbocycles. The summed E-state index contributed by atoms with van der Waals surface area (Å²) in [5.41, 5.74) is -1.16. The SMILES string of the molecule is O=C(c1c(F)cccc1-c1ncccn1)N1CC2CCC1C(Oc1ncc(C(F)(F)F)cc1F)C2. The van der Waals surface area contributed by atoms with Crippen LogP contribution in [0.5, 0.6) is 5.88 Å². The molecule has 4 heterocycles. The number of pyridine rings is 1. The highest BCUT2D eigenvalue weighted by Crippen LogP contribution is 2.39. The summed E-state index contributed by atoms with van der Waals surface area (Å²) >= 11 is 0. The van der Waals surface area contributed by atoms with Crippen molar-refractivity contribution < 1.29 is 31.5 Å². The molecule has 2 aromatic heterocycles. The van der Waals surface area contributed by atoms with E-state index in [4.69, 9.17) is 4.74 Å². The minimum atomic E-state index is -4.74. The average Bonchev–Trinajstić information content (AvgIpc) is 2.85. The molecular formula is C24H19F5N4O2. The number of hydrogen-bond acceptors (Lipinski definition) is 5. The van der Waals surface area contributed by atoms with Gasteiger partial charge in [-0.3, -0.25) is 4.79 Å². The zero-order valence-corrected chi connectivity index (χ0v) is 18.2.